The van der Waals surface area contributed by atoms with Crippen LogP contribution in [0.15, 0.2) is 56.6 Å². The van der Waals surface area contributed by atoms with Gasteiger partial charge >= 0.3 is 5.76 Å². The Kier molecular flexibility index (Phi) is 4.08. The molecule has 0 radical (unpaired) electrons. The Bertz CT molecular complexity index is 1120. The van der Waals surface area contributed by atoms with Crippen LogP contribution < -0.4 is 10.5 Å². The number of rotatable bonds is 4. The quantitative estimate of drug-likeness (QED) is 0.758. The minimum atomic E-state index is -3.71. The fourth-order valence-corrected chi connectivity index (χ4v) is 5.15. The van der Waals surface area contributed by atoms with Crippen molar-refractivity contribution in [1.29, 1.82) is 0 Å². The van der Waals surface area contributed by atoms with Crippen LogP contribution in [-0.4, -0.2) is 31.4 Å². The average Bonchev–Trinajstić information content (AvgIpc) is 3.27. The van der Waals surface area contributed by atoms with Gasteiger partial charge in [0, 0.05) is 6.54 Å². The van der Waals surface area contributed by atoms with Crippen LogP contribution >= 0.6 is 0 Å². The molecule has 26 heavy (non-hydrogen) atoms. The Morgan fingerprint density at radius 2 is 2.08 bits per heavy atom. The zero-order valence-corrected chi connectivity index (χ0v) is 15.0. The molecule has 0 amide bonds. The van der Waals surface area contributed by atoms with Crippen molar-refractivity contribution in [2.75, 3.05) is 13.7 Å². The monoisotopic (exact) mass is 374 g/mol. The molecule has 1 fully saturated rings. The first kappa shape index (κ1) is 16.9. The summed E-state index contributed by atoms with van der Waals surface area (Å²) in [5, 5.41) is 0. The summed E-state index contributed by atoms with van der Waals surface area (Å²) in [6.07, 6.45) is 1.53. The van der Waals surface area contributed by atoms with Gasteiger partial charge in [-0.1, -0.05) is 12.1 Å². The summed E-state index contributed by atoms with van der Waals surface area (Å²) in [7, 11) is -2.12. The maximum absolute atomic E-state index is 13.2. The summed E-state index contributed by atoms with van der Waals surface area (Å²) in [6.45, 7) is 0.449. The molecule has 136 valence electrons. The first-order valence-corrected chi connectivity index (χ1v) is 9.72. The second kappa shape index (κ2) is 6.30. The fraction of sp³-hybridized carbons (Fsp3) is 0.278. The lowest BCUT2D eigenvalue weighted by atomic mass is 10.1. The number of oxazole rings is 1. The molecular weight excluding hydrogens is 356 g/mol. The van der Waals surface area contributed by atoms with E-state index in [0.29, 0.717) is 23.4 Å². The van der Waals surface area contributed by atoms with E-state index in [1.54, 1.807) is 7.11 Å². The minimum Gasteiger partial charge on any atom is -0.497 e. The van der Waals surface area contributed by atoms with Gasteiger partial charge in [0.05, 0.1) is 23.6 Å². The number of nitrogens with one attached hydrogen (secondary N) is 1. The highest BCUT2D eigenvalue weighted by Crippen LogP contribution is 2.37. The molecule has 2 heterocycles. The molecule has 0 aliphatic carbocycles. The lowest BCUT2D eigenvalue weighted by Gasteiger charge is -2.24. The lowest BCUT2D eigenvalue weighted by molar-refractivity contribution is 0.390. The van der Waals surface area contributed by atoms with Crippen LogP contribution in [0.1, 0.15) is 24.4 Å². The number of aromatic amines is 1. The molecule has 3 aromatic rings. The molecule has 0 spiro atoms. The van der Waals surface area contributed by atoms with Crippen molar-refractivity contribution in [3.05, 3.63) is 58.6 Å². The SMILES string of the molecule is COc1cccc(C2CCCN2S(=O)(=O)c2ccc3oc(=O)[nH]c3c2)c1. The molecule has 0 bridgehead atoms. The van der Waals surface area contributed by atoms with Gasteiger partial charge < -0.3 is 9.15 Å². The first-order valence-electron chi connectivity index (χ1n) is 8.28. The maximum Gasteiger partial charge on any atom is 0.417 e. The van der Waals surface area contributed by atoms with Gasteiger partial charge in [-0.15, -0.1) is 0 Å². The van der Waals surface area contributed by atoms with E-state index < -0.39 is 15.8 Å². The Labute approximate surface area is 150 Å². The van der Waals surface area contributed by atoms with E-state index >= 15 is 0 Å². The molecule has 1 N–H and O–H groups in total. The Morgan fingerprint density at radius 1 is 1.23 bits per heavy atom. The molecule has 2 aromatic carbocycles. The smallest absolute Gasteiger partial charge is 0.417 e. The van der Waals surface area contributed by atoms with Crippen molar-refractivity contribution < 1.29 is 17.6 Å². The predicted molar refractivity (Wildman–Crippen MR) is 95.7 cm³/mol. The number of nitrogens with zero attached hydrogens (tertiary/aromatic N) is 1. The topological polar surface area (TPSA) is 92.6 Å². The van der Waals surface area contributed by atoms with Crippen molar-refractivity contribution in [1.82, 2.24) is 9.29 Å². The van der Waals surface area contributed by atoms with Crippen LogP contribution in [0.2, 0.25) is 0 Å². The molecule has 1 aromatic heterocycles. The van der Waals surface area contributed by atoms with Gasteiger partial charge in [-0.2, -0.15) is 4.31 Å². The highest BCUT2D eigenvalue weighted by molar-refractivity contribution is 7.89. The second-order valence-corrected chi connectivity index (χ2v) is 8.11. The third-order valence-electron chi connectivity index (χ3n) is 4.68. The lowest BCUT2D eigenvalue weighted by Crippen LogP contribution is -2.30. The number of benzene rings is 2. The van der Waals surface area contributed by atoms with Crippen molar-refractivity contribution in [3.8, 4) is 5.75 Å². The molecule has 1 saturated heterocycles. The standard InChI is InChI=1S/C18H18N2O5S/c1-24-13-5-2-4-12(10-13)16-6-3-9-20(16)26(22,23)14-7-8-17-15(11-14)19-18(21)25-17/h2,4-5,7-8,10-11,16H,3,6,9H2,1H3,(H,19,21). The van der Waals surface area contributed by atoms with E-state index in [1.165, 1.54) is 22.5 Å². The van der Waals surface area contributed by atoms with E-state index in [2.05, 4.69) is 4.98 Å². The summed E-state index contributed by atoms with van der Waals surface area (Å²) in [5.74, 6) is 0.0918. The van der Waals surface area contributed by atoms with Gasteiger partial charge in [0.15, 0.2) is 5.58 Å². The van der Waals surface area contributed by atoms with Gasteiger partial charge in [0.2, 0.25) is 10.0 Å². The zero-order valence-electron chi connectivity index (χ0n) is 14.1. The van der Waals surface area contributed by atoms with E-state index in [4.69, 9.17) is 9.15 Å². The average molecular weight is 374 g/mol. The van der Waals surface area contributed by atoms with Crippen LogP contribution in [-0.2, 0) is 10.0 Å². The van der Waals surface area contributed by atoms with Gasteiger partial charge in [0.1, 0.15) is 5.75 Å². The van der Waals surface area contributed by atoms with Crippen molar-refractivity contribution in [2.24, 2.45) is 0 Å². The normalized spacial score (nSPS) is 18.4. The molecule has 8 heteroatoms. The van der Waals surface area contributed by atoms with E-state index in [0.717, 1.165) is 18.4 Å². The number of hydrogen-bond donors (Lipinski definition) is 1. The summed E-state index contributed by atoms with van der Waals surface area (Å²) in [4.78, 5) is 13.9. The van der Waals surface area contributed by atoms with Crippen molar-refractivity contribution in [3.63, 3.8) is 0 Å². The number of hydrogen-bond acceptors (Lipinski definition) is 5. The number of methoxy groups -OCH3 is 1. The van der Waals surface area contributed by atoms with Gasteiger partial charge in [-0.25, -0.2) is 13.2 Å². The number of fused-ring (bicyclic) bond motifs is 1. The second-order valence-electron chi connectivity index (χ2n) is 6.22. The summed E-state index contributed by atoms with van der Waals surface area (Å²) < 4.78 is 38.1. The fourth-order valence-electron chi connectivity index (χ4n) is 3.44. The highest BCUT2D eigenvalue weighted by atomic mass is 32.2. The maximum atomic E-state index is 13.2. The Balaban J connectivity index is 1.74. The van der Waals surface area contributed by atoms with Crippen molar-refractivity contribution in [2.45, 2.75) is 23.8 Å². The van der Waals surface area contributed by atoms with Crippen LogP contribution in [0, 0.1) is 0 Å². The van der Waals surface area contributed by atoms with E-state index in [9.17, 15) is 13.2 Å². The first-order chi connectivity index (χ1) is 12.5. The molecule has 0 saturated carbocycles. The molecule has 1 unspecified atom stereocenters. The molecule has 4 rings (SSSR count). The largest absolute Gasteiger partial charge is 0.497 e. The molecular formula is C18H18N2O5S. The van der Waals surface area contributed by atoms with Crippen LogP contribution in [0.5, 0.6) is 5.75 Å². The number of ether oxygens (including phenoxy) is 1. The number of sulfonamides is 1. The predicted octanol–water partition coefficient (Wildman–Crippen LogP) is 2.66. The molecule has 7 nitrogen and oxygen atoms in total. The van der Waals surface area contributed by atoms with Crippen molar-refractivity contribution >= 4 is 21.1 Å². The van der Waals surface area contributed by atoms with Crippen LogP contribution in [0.3, 0.4) is 0 Å². The van der Waals surface area contributed by atoms with Crippen LogP contribution in [0.4, 0.5) is 0 Å². The third kappa shape index (κ3) is 2.81. The highest BCUT2D eigenvalue weighted by Gasteiger charge is 2.36. The number of H-pyrrole nitrogens is 1. The van der Waals surface area contributed by atoms with E-state index in [1.807, 2.05) is 24.3 Å². The molecule has 1 aliphatic rings. The third-order valence-corrected chi connectivity index (χ3v) is 6.58. The van der Waals surface area contributed by atoms with Crippen LogP contribution in [0.25, 0.3) is 11.1 Å². The molecule has 1 atom stereocenters. The summed E-state index contributed by atoms with van der Waals surface area (Å²) >= 11 is 0. The number of aromatic nitrogens is 1. The minimum absolute atomic E-state index is 0.136. The zero-order chi connectivity index (χ0) is 18.3. The Morgan fingerprint density at radius 3 is 2.88 bits per heavy atom. The summed E-state index contributed by atoms with van der Waals surface area (Å²) in [6, 6.07) is 11.6. The van der Waals surface area contributed by atoms with Gasteiger partial charge in [-0.05, 0) is 48.7 Å². The van der Waals surface area contributed by atoms with Gasteiger partial charge in [0.25, 0.3) is 0 Å². The molecule has 1 aliphatic heterocycles. The van der Waals surface area contributed by atoms with E-state index in [-0.39, 0.29) is 10.9 Å². The summed E-state index contributed by atoms with van der Waals surface area (Å²) in [5.41, 5.74) is 1.61. The Hall–Kier alpha value is -2.58. The van der Waals surface area contributed by atoms with Gasteiger partial charge in [-0.3, -0.25) is 4.98 Å².